The topological polar surface area (TPSA) is 102 Å². The van der Waals surface area contributed by atoms with E-state index in [4.69, 9.17) is 9.47 Å². The minimum absolute atomic E-state index is 0.0858. The van der Waals surface area contributed by atoms with Crippen LogP contribution >= 0.6 is 0 Å². The van der Waals surface area contributed by atoms with Crippen LogP contribution in [0, 0.1) is 5.82 Å². The lowest BCUT2D eigenvalue weighted by Gasteiger charge is -2.34. The van der Waals surface area contributed by atoms with Crippen LogP contribution in [0.1, 0.15) is 18.0 Å². The largest absolute Gasteiger partial charge is 0.475 e. The number of carbonyl (C=O) groups is 2. The van der Waals surface area contributed by atoms with Crippen LogP contribution in [-0.4, -0.2) is 46.3 Å². The molecule has 2 aromatic rings. The van der Waals surface area contributed by atoms with E-state index < -0.39 is 39.9 Å². The molecule has 1 N–H and O–H groups in total. The first-order valence-electron chi connectivity index (χ1n) is 9.04. The molecule has 160 valence electrons. The number of benzene rings is 2. The van der Waals surface area contributed by atoms with Gasteiger partial charge in [0.25, 0.3) is 0 Å². The highest BCUT2D eigenvalue weighted by atomic mass is 32.2. The fourth-order valence-corrected chi connectivity index (χ4v) is 3.93. The molecule has 0 radical (unpaired) electrons. The van der Waals surface area contributed by atoms with E-state index in [0.29, 0.717) is 17.0 Å². The smallest absolute Gasteiger partial charge is 0.348 e. The predicted molar refractivity (Wildman–Crippen MR) is 107 cm³/mol. The third-order valence-electron chi connectivity index (χ3n) is 4.55. The molecular weight excluding hydrogens is 415 g/mol. The summed E-state index contributed by atoms with van der Waals surface area (Å²) in [6, 6.07) is 11.0. The van der Waals surface area contributed by atoms with E-state index in [-0.39, 0.29) is 13.0 Å². The van der Waals surface area contributed by atoms with Crippen LogP contribution in [0.2, 0.25) is 0 Å². The minimum atomic E-state index is -3.66. The lowest BCUT2D eigenvalue weighted by atomic mass is 10.0. The van der Waals surface area contributed by atoms with E-state index >= 15 is 0 Å². The number of para-hydroxylation sites is 2. The van der Waals surface area contributed by atoms with Crippen LogP contribution in [0.25, 0.3) is 0 Å². The first-order valence-corrected chi connectivity index (χ1v) is 10.9. The van der Waals surface area contributed by atoms with Gasteiger partial charge in [-0.2, -0.15) is 0 Å². The van der Waals surface area contributed by atoms with Crippen molar-refractivity contribution >= 4 is 27.6 Å². The molecule has 0 saturated carbocycles. The zero-order chi connectivity index (χ0) is 21.9. The Bertz CT molecular complexity index is 1040. The molecule has 0 fully saturated rings. The number of anilines is 1. The minimum Gasteiger partial charge on any atom is -0.475 e. The van der Waals surface area contributed by atoms with Gasteiger partial charge in [-0.05, 0) is 29.8 Å². The van der Waals surface area contributed by atoms with Gasteiger partial charge in [0.05, 0.1) is 31.6 Å². The fourth-order valence-electron chi connectivity index (χ4n) is 3.19. The maximum absolute atomic E-state index is 13.3. The Morgan fingerprint density at radius 1 is 1.23 bits per heavy atom. The zero-order valence-electron chi connectivity index (χ0n) is 16.4. The Labute approximate surface area is 173 Å². The standard InChI is InChI=1S/C20H21FN2O6S/c1-28-20(25)18-12-23(16-5-3-4-6-17(16)29-18)19(24)11-15(22-30(2,26)27)13-7-9-14(21)10-8-13/h3-10,15,18,22H,11-12H2,1-2H3/t15-,18-/m1/s1. The number of esters is 1. The maximum atomic E-state index is 13.3. The second-order valence-corrected chi connectivity index (χ2v) is 8.58. The lowest BCUT2D eigenvalue weighted by Crippen LogP contribution is -2.48. The van der Waals surface area contributed by atoms with Crippen LogP contribution in [0.5, 0.6) is 5.75 Å². The maximum Gasteiger partial charge on any atom is 0.348 e. The van der Waals surface area contributed by atoms with Crippen molar-refractivity contribution in [2.75, 3.05) is 24.8 Å². The van der Waals surface area contributed by atoms with E-state index in [9.17, 15) is 22.4 Å². The highest BCUT2D eigenvalue weighted by Crippen LogP contribution is 2.34. The van der Waals surface area contributed by atoms with E-state index in [1.165, 1.54) is 36.3 Å². The first kappa shape index (κ1) is 21.7. The van der Waals surface area contributed by atoms with Crippen molar-refractivity contribution in [1.29, 1.82) is 0 Å². The van der Waals surface area contributed by atoms with Gasteiger partial charge in [-0.25, -0.2) is 22.3 Å². The number of rotatable bonds is 6. The molecule has 2 aromatic carbocycles. The van der Waals surface area contributed by atoms with E-state index in [1.54, 1.807) is 24.3 Å². The van der Waals surface area contributed by atoms with Crippen LogP contribution < -0.4 is 14.4 Å². The number of sulfonamides is 1. The molecule has 0 aliphatic carbocycles. The monoisotopic (exact) mass is 436 g/mol. The average molecular weight is 436 g/mol. The highest BCUT2D eigenvalue weighted by molar-refractivity contribution is 7.88. The molecule has 1 aliphatic heterocycles. The number of hydrogen-bond donors (Lipinski definition) is 1. The third kappa shape index (κ3) is 5.14. The summed E-state index contributed by atoms with van der Waals surface area (Å²) >= 11 is 0. The van der Waals surface area contributed by atoms with Gasteiger partial charge >= 0.3 is 5.97 Å². The van der Waals surface area contributed by atoms with Crippen molar-refractivity contribution in [3.8, 4) is 5.75 Å². The van der Waals surface area contributed by atoms with Gasteiger partial charge in [0.1, 0.15) is 11.6 Å². The first-order chi connectivity index (χ1) is 14.2. The summed E-state index contributed by atoms with van der Waals surface area (Å²) in [6.45, 7) is -0.0858. The van der Waals surface area contributed by atoms with Gasteiger partial charge in [-0.3, -0.25) is 4.79 Å². The van der Waals surface area contributed by atoms with Crippen LogP contribution in [0.15, 0.2) is 48.5 Å². The van der Waals surface area contributed by atoms with Gasteiger partial charge in [-0.15, -0.1) is 0 Å². The number of nitrogens with one attached hydrogen (secondary N) is 1. The van der Waals surface area contributed by atoms with Gasteiger partial charge in [0.15, 0.2) is 0 Å². The quantitative estimate of drug-likeness (QED) is 0.693. The summed E-state index contributed by atoms with van der Waals surface area (Å²) in [4.78, 5) is 26.5. The number of carbonyl (C=O) groups excluding carboxylic acids is 2. The average Bonchev–Trinajstić information content (AvgIpc) is 2.71. The third-order valence-corrected chi connectivity index (χ3v) is 5.26. The zero-order valence-corrected chi connectivity index (χ0v) is 17.2. The van der Waals surface area contributed by atoms with Crippen molar-refractivity contribution in [2.24, 2.45) is 0 Å². The molecular formula is C20H21FN2O6S. The van der Waals surface area contributed by atoms with Crippen molar-refractivity contribution in [2.45, 2.75) is 18.6 Å². The SMILES string of the molecule is COC(=O)[C@H]1CN(C(=O)C[C@@H](NS(C)(=O)=O)c2ccc(F)cc2)c2ccccc2O1. The summed E-state index contributed by atoms with van der Waals surface area (Å²) in [5.74, 6) is -1.22. The summed E-state index contributed by atoms with van der Waals surface area (Å²) in [7, 11) is -2.44. The Balaban J connectivity index is 1.90. The summed E-state index contributed by atoms with van der Waals surface area (Å²) in [6.07, 6.45) is -0.285. The Morgan fingerprint density at radius 2 is 1.90 bits per heavy atom. The van der Waals surface area contributed by atoms with Crippen molar-refractivity contribution in [3.05, 3.63) is 59.9 Å². The molecule has 0 unspecified atom stereocenters. The fraction of sp³-hybridized carbons (Fsp3) is 0.300. The number of ether oxygens (including phenoxy) is 2. The molecule has 2 atom stereocenters. The number of amides is 1. The number of fused-ring (bicyclic) bond motifs is 1. The molecule has 8 nitrogen and oxygen atoms in total. The number of hydrogen-bond acceptors (Lipinski definition) is 6. The summed E-state index contributed by atoms with van der Waals surface area (Å²) < 4.78 is 49.7. The molecule has 3 rings (SSSR count). The van der Waals surface area contributed by atoms with E-state index in [1.807, 2.05) is 0 Å². The molecule has 1 amide bonds. The Hall–Kier alpha value is -2.98. The second-order valence-electron chi connectivity index (χ2n) is 6.80. The molecule has 1 heterocycles. The molecule has 0 saturated heterocycles. The number of methoxy groups -OCH3 is 1. The molecule has 0 aromatic heterocycles. The van der Waals surface area contributed by atoms with Gasteiger partial charge in [0, 0.05) is 6.42 Å². The van der Waals surface area contributed by atoms with Gasteiger partial charge in [0.2, 0.25) is 22.0 Å². The van der Waals surface area contributed by atoms with Gasteiger partial charge in [-0.1, -0.05) is 24.3 Å². The molecule has 0 bridgehead atoms. The normalized spacial score (nSPS) is 16.9. The summed E-state index contributed by atoms with van der Waals surface area (Å²) in [5.41, 5.74) is 0.890. The molecule has 0 spiro atoms. The number of nitrogens with zero attached hydrogens (tertiary/aromatic N) is 1. The van der Waals surface area contributed by atoms with E-state index in [0.717, 1.165) is 6.26 Å². The number of halogens is 1. The highest BCUT2D eigenvalue weighted by Gasteiger charge is 2.35. The van der Waals surface area contributed by atoms with Gasteiger partial charge < -0.3 is 14.4 Å². The van der Waals surface area contributed by atoms with Crippen LogP contribution in [0.3, 0.4) is 0 Å². The van der Waals surface area contributed by atoms with Crippen molar-refractivity contribution in [3.63, 3.8) is 0 Å². The predicted octanol–water partition coefficient (Wildman–Crippen LogP) is 1.77. The Kier molecular flexibility index (Phi) is 6.37. The van der Waals surface area contributed by atoms with Crippen LogP contribution in [0.4, 0.5) is 10.1 Å². The van der Waals surface area contributed by atoms with Crippen molar-refractivity contribution < 1.29 is 31.9 Å². The molecule has 30 heavy (non-hydrogen) atoms. The molecule has 10 heteroatoms. The Morgan fingerprint density at radius 3 is 2.53 bits per heavy atom. The lowest BCUT2D eigenvalue weighted by molar-refractivity contribution is -0.148. The molecule has 1 aliphatic rings. The van der Waals surface area contributed by atoms with E-state index in [2.05, 4.69) is 4.72 Å². The van der Waals surface area contributed by atoms with Crippen molar-refractivity contribution in [1.82, 2.24) is 4.72 Å². The summed E-state index contributed by atoms with van der Waals surface area (Å²) in [5, 5.41) is 0. The second kappa shape index (κ2) is 8.80. The van der Waals surface area contributed by atoms with Crippen LogP contribution in [-0.2, 0) is 24.3 Å².